The minimum absolute atomic E-state index is 0.286. The van der Waals surface area contributed by atoms with Crippen LogP contribution in [0.2, 0.25) is 0 Å². The number of hydrazone groups is 1. The lowest BCUT2D eigenvalue weighted by molar-refractivity contribution is 0.248. The van der Waals surface area contributed by atoms with Crippen molar-refractivity contribution in [3.8, 4) is 0 Å². The monoisotopic (exact) mass is 141 g/mol. The molecule has 2 aliphatic rings. The fourth-order valence-corrected chi connectivity index (χ4v) is 1.30. The minimum Gasteiger partial charge on any atom is -0.368 e. The van der Waals surface area contributed by atoms with E-state index in [0.29, 0.717) is 5.96 Å². The summed E-state index contributed by atoms with van der Waals surface area (Å²) in [5.74, 6) is 0.617. The maximum Gasteiger partial charge on any atom is 0.215 e. The van der Waals surface area contributed by atoms with Gasteiger partial charge in [-0.25, -0.2) is 0 Å². The summed E-state index contributed by atoms with van der Waals surface area (Å²) in [5, 5.41) is 7.15. The van der Waals surface area contributed by atoms with E-state index in [0.717, 1.165) is 19.6 Å². The third-order valence-corrected chi connectivity index (χ3v) is 1.87. The largest absolute Gasteiger partial charge is 0.368 e. The van der Waals surface area contributed by atoms with Crippen molar-refractivity contribution in [1.82, 2.24) is 15.6 Å². The molecule has 0 aromatic carbocycles. The van der Waals surface area contributed by atoms with Crippen LogP contribution in [0.4, 0.5) is 0 Å². The quantitative estimate of drug-likeness (QED) is 0.367. The van der Waals surface area contributed by atoms with E-state index in [4.69, 9.17) is 5.73 Å². The molecule has 0 saturated carbocycles. The predicted octanol–water partition coefficient (Wildman–Crippen LogP) is -1.95. The highest BCUT2D eigenvalue weighted by atomic mass is 15.6. The molecule has 0 spiro atoms. The molecule has 0 aromatic rings. The number of nitrogens with two attached hydrogens (primary N) is 1. The zero-order valence-corrected chi connectivity index (χ0v) is 5.67. The van der Waals surface area contributed by atoms with Crippen molar-refractivity contribution in [3.63, 3.8) is 0 Å². The molecule has 2 heterocycles. The Balaban J connectivity index is 2.08. The molecule has 56 valence electrons. The van der Waals surface area contributed by atoms with Crippen LogP contribution >= 0.6 is 0 Å². The topological polar surface area (TPSA) is 65.7 Å². The lowest BCUT2D eigenvalue weighted by Gasteiger charge is -2.30. The molecular weight excluding hydrogens is 130 g/mol. The third-order valence-electron chi connectivity index (χ3n) is 1.87. The number of fused-ring (bicyclic) bond motifs is 1. The van der Waals surface area contributed by atoms with E-state index in [-0.39, 0.29) is 6.17 Å². The van der Waals surface area contributed by atoms with E-state index >= 15 is 0 Å². The second-order valence-corrected chi connectivity index (χ2v) is 2.51. The number of piperazine rings is 1. The molecule has 10 heavy (non-hydrogen) atoms. The molecule has 1 saturated heterocycles. The summed E-state index contributed by atoms with van der Waals surface area (Å²) < 4.78 is 0. The van der Waals surface area contributed by atoms with Crippen molar-refractivity contribution in [2.45, 2.75) is 6.17 Å². The van der Waals surface area contributed by atoms with E-state index in [1.165, 1.54) is 0 Å². The second kappa shape index (κ2) is 2.02. The molecule has 0 aliphatic carbocycles. The van der Waals surface area contributed by atoms with Gasteiger partial charge in [0.15, 0.2) is 0 Å². The molecule has 5 nitrogen and oxygen atoms in total. The zero-order chi connectivity index (χ0) is 6.97. The van der Waals surface area contributed by atoms with Crippen molar-refractivity contribution < 1.29 is 0 Å². The van der Waals surface area contributed by atoms with Crippen molar-refractivity contribution in [3.05, 3.63) is 0 Å². The van der Waals surface area contributed by atoms with Crippen LogP contribution in [-0.4, -0.2) is 36.7 Å². The van der Waals surface area contributed by atoms with Gasteiger partial charge in [0, 0.05) is 19.6 Å². The Morgan fingerprint density at radius 2 is 2.60 bits per heavy atom. The first-order chi connectivity index (χ1) is 4.88. The van der Waals surface area contributed by atoms with Crippen LogP contribution in [0.3, 0.4) is 0 Å². The van der Waals surface area contributed by atoms with Crippen molar-refractivity contribution in [2.75, 3.05) is 19.6 Å². The summed E-state index contributed by atoms with van der Waals surface area (Å²) in [6, 6.07) is 0. The van der Waals surface area contributed by atoms with E-state index in [1.807, 2.05) is 0 Å². The molecule has 0 bridgehead atoms. The molecule has 0 radical (unpaired) electrons. The zero-order valence-electron chi connectivity index (χ0n) is 5.67. The van der Waals surface area contributed by atoms with Gasteiger partial charge in [-0.2, -0.15) is 0 Å². The molecule has 1 fully saturated rings. The van der Waals surface area contributed by atoms with E-state index in [1.54, 1.807) is 0 Å². The Kier molecular flexibility index (Phi) is 1.17. The van der Waals surface area contributed by atoms with Gasteiger partial charge in [-0.05, 0) is 0 Å². The van der Waals surface area contributed by atoms with Crippen molar-refractivity contribution in [2.24, 2.45) is 10.8 Å². The summed E-state index contributed by atoms with van der Waals surface area (Å²) in [6.07, 6.45) is 0.286. The number of hydrogen-bond donors (Lipinski definition) is 3. The van der Waals surface area contributed by atoms with Crippen LogP contribution in [-0.2, 0) is 0 Å². The first kappa shape index (κ1) is 5.79. The van der Waals surface area contributed by atoms with Gasteiger partial charge < -0.3 is 16.0 Å². The normalized spacial score (nSPS) is 31.0. The smallest absolute Gasteiger partial charge is 0.215 e. The van der Waals surface area contributed by atoms with Crippen LogP contribution in [0.15, 0.2) is 5.10 Å². The highest BCUT2D eigenvalue weighted by molar-refractivity contribution is 5.79. The van der Waals surface area contributed by atoms with E-state index in [2.05, 4.69) is 20.7 Å². The predicted molar refractivity (Wildman–Crippen MR) is 38.1 cm³/mol. The molecular formula is C5H11N5. The number of hydrogen-bond acceptors (Lipinski definition) is 5. The first-order valence-electron chi connectivity index (χ1n) is 3.44. The SMILES string of the molecule is NC1=NNC2CNCCN12. The van der Waals surface area contributed by atoms with Crippen LogP contribution in [0.25, 0.3) is 0 Å². The Bertz CT molecular complexity index is 165. The number of guanidine groups is 1. The Hall–Kier alpha value is -0.970. The van der Waals surface area contributed by atoms with Crippen LogP contribution in [0.5, 0.6) is 0 Å². The molecule has 4 N–H and O–H groups in total. The maximum absolute atomic E-state index is 5.58. The Morgan fingerprint density at radius 3 is 3.40 bits per heavy atom. The summed E-state index contributed by atoms with van der Waals surface area (Å²) in [7, 11) is 0. The summed E-state index contributed by atoms with van der Waals surface area (Å²) in [4.78, 5) is 2.07. The molecule has 1 atom stereocenters. The lowest BCUT2D eigenvalue weighted by Crippen LogP contribution is -2.55. The summed E-state index contributed by atoms with van der Waals surface area (Å²) in [6.45, 7) is 2.87. The van der Waals surface area contributed by atoms with Crippen LogP contribution in [0, 0.1) is 0 Å². The van der Waals surface area contributed by atoms with Crippen LogP contribution < -0.4 is 16.5 Å². The van der Waals surface area contributed by atoms with Crippen molar-refractivity contribution >= 4 is 5.96 Å². The van der Waals surface area contributed by atoms with Gasteiger partial charge in [0.2, 0.25) is 5.96 Å². The van der Waals surface area contributed by atoms with Crippen molar-refractivity contribution in [1.29, 1.82) is 0 Å². The van der Waals surface area contributed by atoms with Gasteiger partial charge in [0.1, 0.15) is 6.17 Å². The molecule has 2 aliphatic heterocycles. The molecule has 2 rings (SSSR count). The van der Waals surface area contributed by atoms with Gasteiger partial charge in [-0.15, -0.1) is 5.10 Å². The number of rotatable bonds is 0. The first-order valence-corrected chi connectivity index (χ1v) is 3.44. The Labute approximate surface area is 59.3 Å². The van der Waals surface area contributed by atoms with Crippen LogP contribution in [0.1, 0.15) is 0 Å². The second-order valence-electron chi connectivity index (χ2n) is 2.51. The summed E-state index contributed by atoms with van der Waals surface area (Å²) in [5.41, 5.74) is 8.51. The molecule has 1 unspecified atom stereocenters. The minimum atomic E-state index is 0.286. The molecule has 0 aromatic heterocycles. The van der Waals surface area contributed by atoms with E-state index in [9.17, 15) is 0 Å². The average molecular weight is 141 g/mol. The standard InChI is InChI=1S/C5H11N5/c6-5-9-8-4-3-7-1-2-10(4)5/h4,7-8H,1-3H2,(H2,6,9). The lowest BCUT2D eigenvalue weighted by atomic mass is 10.3. The highest BCUT2D eigenvalue weighted by Gasteiger charge is 2.27. The number of nitrogens with one attached hydrogen (secondary N) is 2. The third kappa shape index (κ3) is 0.706. The van der Waals surface area contributed by atoms with Gasteiger partial charge in [-0.3, -0.25) is 5.43 Å². The van der Waals surface area contributed by atoms with Gasteiger partial charge in [0.25, 0.3) is 0 Å². The van der Waals surface area contributed by atoms with Gasteiger partial charge in [0.05, 0.1) is 0 Å². The fraction of sp³-hybridized carbons (Fsp3) is 0.800. The summed E-state index contributed by atoms with van der Waals surface area (Å²) >= 11 is 0. The Morgan fingerprint density at radius 1 is 1.70 bits per heavy atom. The fourth-order valence-electron chi connectivity index (χ4n) is 1.30. The van der Waals surface area contributed by atoms with E-state index < -0.39 is 0 Å². The number of nitrogens with zero attached hydrogens (tertiary/aromatic N) is 2. The van der Waals surface area contributed by atoms with Gasteiger partial charge in [-0.1, -0.05) is 0 Å². The highest BCUT2D eigenvalue weighted by Crippen LogP contribution is 2.04. The average Bonchev–Trinajstić information content (AvgIpc) is 2.34. The molecule has 5 heteroatoms. The maximum atomic E-state index is 5.58. The van der Waals surface area contributed by atoms with Gasteiger partial charge >= 0.3 is 0 Å². The molecule has 0 amide bonds.